The smallest absolute Gasteiger partial charge is 0.152 e. The summed E-state index contributed by atoms with van der Waals surface area (Å²) >= 11 is 6.13. The van der Waals surface area contributed by atoms with Crippen LogP contribution in [0.2, 0.25) is 5.02 Å². The second-order valence-corrected chi connectivity index (χ2v) is 7.21. The average Bonchev–Trinajstić information content (AvgIpc) is 2.98. The van der Waals surface area contributed by atoms with Gasteiger partial charge in [0.2, 0.25) is 0 Å². The minimum Gasteiger partial charge on any atom is -0.508 e. The lowest BCUT2D eigenvalue weighted by Gasteiger charge is -2.08. The predicted octanol–water partition coefficient (Wildman–Crippen LogP) is 5.19. The van der Waals surface area contributed by atoms with E-state index < -0.39 is 0 Å². The third-order valence-corrected chi connectivity index (χ3v) is 4.24. The van der Waals surface area contributed by atoms with Crippen LogP contribution in [0.4, 0.5) is 0 Å². The van der Waals surface area contributed by atoms with E-state index in [0.29, 0.717) is 23.2 Å². The van der Waals surface area contributed by atoms with E-state index in [9.17, 15) is 9.90 Å². The maximum Gasteiger partial charge on any atom is 0.152 e. The van der Waals surface area contributed by atoms with Gasteiger partial charge in [0.1, 0.15) is 11.6 Å². The summed E-state index contributed by atoms with van der Waals surface area (Å²) in [6, 6.07) is 14.3. The number of rotatable bonds is 6. The molecule has 0 amide bonds. The molecule has 1 aromatic heterocycles. The van der Waals surface area contributed by atoms with Crippen LogP contribution in [0.1, 0.15) is 20.3 Å². The fourth-order valence-electron chi connectivity index (χ4n) is 2.88. The second-order valence-electron chi connectivity index (χ2n) is 6.77. The number of Topliss-reactive ketones (excluding diaryl/α,β-unsaturated/α-hetero) is 1. The maximum atomic E-state index is 12.4. The van der Waals surface area contributed by atoms with Crippen molar-refractivity contribution in [1.29, 1.82) is 0 Å². The van der Waals surface area contributed by atoms with Gasteiger partial charge in [-0.1, -0.05) is 37.6 Å². The average molecular weight is 369 g/mol. The van der Waals surface area contributed by atoms with E-state index in [2.05, 4.69) is 0 Å². The molecule has 0 saturated carbocycles. The molecule has 0 aliphatic rings. The van der Waals surface area contributed by atoms with Crippen molar-refractivity contribution < 1.29 is 9.90 Å². The summed E-state index contributed by atoms with van der Waals surface area (Å²) in [6.45, 7) is 4.34. The summed E-state index contributed by atoms with van der Waals surface area (Å²) < 4.78 is 1.87. The zero-order valence-electron chi connectivity index (χ0n) is 14.8. The minimum absolute atomic E-state index is 0.165. The van der Waals surface area contributed by atoms with Crippen LogP contribution in [0.5, 0.6) is 5.75 Å². The molecular weight excluding hydrogens is 348 g/mol. The van der Waals surface area contributed by atoms with E-state index in [-0.39, 0.29) is 18.1 Å². The molecule has 3 aromatic rings. The number of hydrogen-bond donors (Lipinski definition) is 1. The van der Waals surface area contributed by atoms with Crippen molar-refractivity contribution in [1.82, 2.24) is 9.55 Å². The van der Waals surface area contributed by atoms with Crippen LogP contribution >= 0.6 is 11.6 Å². The minimum atomic E-state index is 0.165. The molecule has 0 fully saturated rings. The molecule has 2 aromatic carbocycles. The Morgan fingerprint density at radius 3 is 2.54 bits per heavy atom. The SMILES string of the molecule is CC(C)CC(=O)Cn1cc(-c2ccc(O)cc2)nc1-c1cccc(Cl)c1. The number of aromatic nitrogens is 2. The maximum absolute atomic E-state index is 12.4. The molecule has 26 heavy (non-hydrogen) atoms. The van der Waals surface area contributed by atoms with Gasteiger partial charge in [-0.25, -0.2) is 4.98 Å². The Morgan fingerprint density at radius 2 is 1.88 bits per heavy atom. The van der Waals surface area contributed by atoms with Crippen molar-refractivity contribution in [3.05, 3.63) is 59.8 Å². The standard InChI is InChI=1S/C21H21ClN2O2/c1-14(2)10-19(26)12-24-13-20(15-6-8-18(25)9-7-15)23-21(24)16-4-3-5-17(22)11-16/h3-9,11,13-14,25H,10,12H2,1-2H3. The van der Waals surface area contributed by atoms with E-state index in [0.717, 1.165) is 16.8 Å². The first-order chi connectivity index (χ1) is 12.4. The third-order valence-electron chi connectivity index (χ3n) is 4.01. The monoisotopic (exact) mass is 368 g/mol. The molecule has 0 unspecified atom stereocenters. The van der Waals surface area contributed by atoms with Crippen LogP contribution in [0, 0.1) is 5.92 Å². The molecule has 0 atom stereocenters. The van der Waals surface area contributed by atoms with E-state index in [1.807, 2.05) is 48.9 Å². The van der Waals surface area contributed by atoms with Crippen LogP contribution < -0.4 is 0 Å². The Labute approximate surface area is 158 Å². The Bertz CT molecular complexity index is 914. The molecule has 0 radical (unpaired) electrons. The van der Waals surface area contributed by atoms with Crippen molar-refractivity contribution in [2.75, 3.05) is 0 Å². The quantitative estimate of drug-likeness (QED) is 0.651. The van der Waals surface area contributed by atoms with Crippen LogP contribution in [0.3, 0.4) is 0 Å². The van der Waals surface area contributed by atoms with Gasteiger partial charge in [-0.3, -0.25) is 4.79 Å². The lowest BCUT2D eigenvalue weighted by atomic mass is 10.1. The van der Waals surface area contributed by atoms with Gasteiger partial charge < -0.3 is 9.67 Å². The molecule has 0 saturated heterocycles. The van der Waals surface area contributed by atoms with Gasteiger partial charge in [0.05, 0.1) is 12.2 Å². The lowest BCUT2D eigenvalue weighted by Crippen LogP contribution is -2.12. The highest BCUT2D eigenvalue weighted by Gasteiger charge is 2.15. The summed E-state index contributed by atoms with van der Waals surface area (Å²) in [6.07, 6.45) is 2.41. The van der Waals surface area contributed by atoms with E-state index >= 15 is 0 Å². The first-order valence-electron chi connectivity index (χ1n) is 8.56. The van der Waals surface area contributed by atoms with E-state index in [4.69, 9.17) is 16.6 Å². The Balaban J connectivity index is 2.02. The van der Waals surface area contributed by atoms with Gasteiger partial charge in [0.25, 0.3) is 0 Å². The number of benzene rings is 2. The van der Waals surface area contributed by atoms with Crippen LogP contribution in [-0.4, -0.2) is 20.4 Å². The Morgan fingerprint density at radius 1 is 1.15 bits per heavy atom. The van der Waals surface area contributed by atoms with Crippen molar-refractivity contribution in [2.45, 2.75) is 26.8 Å². The van der Waals surface area contributed by atoms with E-state index in [1.165, 1.54) is 0 Å². The molecule has 0 aliphatic heterocycles. The molecule has 3 rings (SSSR count). The van der Waals surface area contributed by atoms with Crippen molar-refractivity contribution in [2.24, 2.45) is 5.92 Å². The number of phenols is 1. The molecule has 134 valence electrons. The third kappa shape index (κ3) is 4.33. The normalized spacial score (nSPS) is 11.1. The first kappa shape index (κ1) is 18.2. The molecule has 1 heterocycles. The summed E-state index contributed by atoms with van der Waals surface area (Å²) in [7, 11) is 0. The summed E-state index contributed by atoms with van der Waals surface area (Å²) in [5.74, 6) is 1.39. The zero-order chi connectivity index (χ0) is 18.7. The van der Waals surface area contributed by atoms with Gasteiger partial charge in [0, 0.05) is 28.8 Å². The number of aromatic hydroxyl groups is 1. The highest BCUT2D eigenvalue weighted by atomic mass is 35.5. The number of phenolic OH excluding ortho intramolecular Hbond substituents is 1. The molecule has 5 heteroatoms. The number of nitrogens with zero attached hydrogens (tertiary/aromatic N) is 2. The summed E-state index contributed by atoms with van der Waals surface area (Å²) in [4.78, 5) is 17.1. The fraction of sp³-hybridized carbons (Fsp3) is 0.238. The number of carbonyl (C=O) groups excluding carboxylic acids is 1. The van der Waals surface area contributed by atoms with Gasteiger partial charge >= 0.3 is 0 Å². The van der Waals surface area contributed by atoms with Crippen molar-refractivity contribution in [3.8, 4) is 28.4 Å². The molecule has 4 nitrogen and oxygen atoms in total. The number of halogens is 1. The Hall–Kier alpha value is -2.59. The second kappa shape index (κ2) is 7.75. The number of imidazole rings is 1. The zero-order valence-corrected chi connectivity index (χ0v) is 15.6. The topological polar surface area (TPSA) is 55.1 Å². The highest BCUT2D eigenvalue weighted by Crippen LogP contribution is 2.28. The van der Waals surface area contributed by atoms with Gasteiger partial charge in [-0.2, -0.15) is 0 Å². The number of ketones is 1. The van der Waals surface area contributed by atoms with Crippen LogP contribution in [-0.2, 0) is 11.3 Å². The summed E-state index contributed by atoms with van der Waals surface area (Å²) in [5.41, 5.74) is 2.48. The lowest BCUT2D eigenvalue weighted by molar-refractivity contribution is -0.120. The summed E-state index contributed by atoms with van der Waals surface area (Å²) in [5, 5.41) is 10.1. The first-order valence-corrected chi connectivity index (χ1v) is 8.94. The molecule has 0 bridgehead atoms. The van der Waals surface area contributed by atoms with E-state index in [1.54, 1.807) is 24.3 Å². The van der Waals surface area contributed by atoms with Crippen molar-refractivity contribution in [3.63, 3.8) is 0 Å². The van der Waals surface area contributed by atoms with Crippen LogP contribution in [0.25, 0.3) is 22.6 Å². The molecule has 0 aliphatic carbocycles. The highest BCUT2D eigenvalue weighted by molar-refractivity contribution is 6.30. The number of carbonyl (C=O) groups is 1. The molecule has 0 spiro atoms. The van der Waals surface area contributed by atoms with Crippen LogP contribution in [0.15, 0.2) is 54.7 Å². The molecular formula is C21H21ClN2O2. The van der Waals surface area contributed by atoms with Gasteiger partial charge in [-0.15, -0.1) is 0 Å². The Kier molecular flexibility index (Phi) is 5.43. The largest absolute Gasteiger partial charge is 0.508 e. The number of hydrogen-bond acceptors (Lipinski definition) is 3. The predicted molar refractivity (Wildman–Crippen MR) is 104 cm³/mol. The fourth-order valence-corrected chi connectivity index (χ4v) is 3.07. The van der Waals surface area contributed by atoms with Crippen molar-refractivity contribution >= 4 is 17.4 Å². The van der Waals surface area contributed by atoms with Gasteiger partial charge in [-0.05, 0) is 42.3 Å². The molecule has 1 N–H and O–H groups in total. The van der Waals surface area contributed by atoms with Gasteiger partial charge in [0.15, 0.2) is 5.78 Å².